The van der Waals surface area contributed by atoms with Gasteiger partial charge in [-0.2, -0.15) is 0 Å². The minimum absolute atomic E-state index is 0.0940. The molecule has 5 nitrogen and oxygen atoms in total. The predicted molar refractivity (Wildman–Crippen MR) is 73.7 cm³/mol. The van der Waals surface area contributed by atoms with Crippen LogP contribution >= 0.6 is 12.2 Å². The number of piperidine rings is 1. The highest BCUT2D eigenvalue weighted by atomic mass is 32.1. The molecule has 102 valence electrons. The molecule has 0 saturated carbocycles. The molecule has 1 aliphatic heterocycles. The highest BCUT2D eigenvalue weighted by Crippen LogP contribution is 2.27. The van der Waals surface area contributed by atoms with Gasteiger partial charge in [-0.25, -0.2) is 0 Å². The van der Waals surface area contributed by atoms with Crippen molar-refractivity contribution in [1.29, 1.82) is 0 Å². The lowest BCUT2D eigenvalue weighted by Crippen LogP contribution is -2.52. The van der Waals surface area contributed by atoms with Gasteiger partial charge in [0.2, 0.25) is 11.8 Å². The predicted octanol–water partition coefficient (Wildman–Crippen LogP) is 0.413. The molecule has 1 fully saturated rings. The molecule has 2 amide bonds. The van der Waals surface area contributed by atoms with Gasteiger partial charge >= 0.3 is 0 Å². The molecule has 0 aromatic rings. The van der Waals surface area contributed by atoms with Crippen LogP contribution in [0.4, 0.5) is 0 Å². The van der Waals surface area contributed by atoms with E-state index in [1.165, 1.54) is 0 Å². The van der Waals surface area contributed by atoms with Gasteiger partial charge in [-0.1, -0.05) is 19.1 Å². The molecule has 2 atom stereocenters. The summed E-state index contributed by atoms with van der Waals surface area (Å²) >= 11 is 4.99. The van der Waals surface area contributed by atoms with Crippen LogP contribution in [0.2, 0.25) is 0 Å². The zero-order chi connectivity index (χ0) is 13.9. The van der Waals surface area contributed by atoms with Crippen molar-refractivity contribution in [2.24, 2.45) is 22.8 Å². The molecule has 6 heteroatoms. The van der Waals surface area contributed by atoms with Crippen molar-refractivity contribution in [2.75, 3.05) is 13.1 Å². The van der Waals surface area contributed by atoms with Gasteiger partial charge in [-0.3, -0.25) is 9.59 Å². The van der Waals surface area contributed by atoms with Crippen LogP contribution in [0.5, 0.6) is 0 Å². The van der Waals surface area contributed by atoms with Crippen molar-refractivity contribution in [3.8, 4) is 0 Å². The highest BCUT2D eigenvalue weighted by Gasteiger charge is 2.39. The quantitative estimate of drug-likeness (QED) is 0.725. The van der Waals surface area contributed by atoms with E-state index >= 15 is 0 Å². The Morgan fingerprint density at radius 1 is 1.44 bits per heavy atom. The van der Waals surface area contributed by atoms with Crippen LogP contribution in [0.1, 0.15) is 33.1 Å². The monoisotopic (exact) mass is 271 g/mol. The fraction of sp³-hybridized carbons (Fsp3) is 0.750. The van der Waals surface area contributed by atoms with E-state index in [1.807, 2.05) is 6.92 Å². The molecule has 0 bridgehead atoms. The van der Waals surface area contributed by atoms with Gasteiger partial charge < -0.3 is 16.4 Å². The number of thiocarbonyl (C=S) groups is 1. The van der Waals surface area contributed by atoms with Gasteiger partial charge in [-0.05, 0) is 26.2 Å². The van der Waals surface area contributed by atoms with Crippen molar-refractivity contribution in [3.05, 3.63) is 0 Å². The third-order valence-corrected chi connectivity index (χ3v) is 4.28. The number of hydrogen-bond acceptors (Lipinski definition) is 3. The first-order chi connectivity index (χ1) is 8.32. The molecule has 0 spiro atoms. The smallest absolute Gasteiger partial charge is 0.235 e. The molecule has 1 aliphatic rings. The Bertz CT molecular complexity index is 372. The molecular weight excluding hydrogens is 250 g/mol. The summed E-state index contributed by atoms with van der Waals surface area (Å²) in [6, 6.07) is 0. The summed E-state index contributed by atoms with van der Waals surface area (Å²) in [5.74, 6) is -0.695. The van der Waals surface area contributed by atoms with E-state index < -0.39 is 5.41 Å². The zero-order valence-corrected chi connectivity index (χ0v) is 11.8. The minimum Gasteiger partial charge on any atom is -0.392 e. The van der Waals surface area contributed by atoms with E-state index in [1.54, 1.807) is 11.8 Å². The number of nitrogens with two attached hydrogens (primary N) is 2. The van der Waals surface area contributed by atoms with Crippen LogP contribution in [0.25, 0.3) is 0 Å². The van der Waals surface area contributed by atoms with Crippen LogP contribution in [-0.2, 0) is 9.59 Å². The molecule has 2 unspecified atom stereocenters. The van der Waals surface area contributed by atoms with Crippen molar-refractivity contribution in [2.45, 2.75) is 33.1 Å². The molecule has 0 aromatic carbocycles. The Hall–Kier alpha value is -1.17. The average Bonchev–Trinajstić information content (AvgIpc) is 2.36. The summed E-state index contributed by atoms with van der Waals surface area (Å²) in [7, 11) is 0. The average molecular weight is 271 g/mol. The summed E-state index contributed by atoms with van der Waals surface area (Å²) < 4.78 is 0. The van der Waals surface area contributed by atoms with E-state index in [4.69, 9.17) is 23.7 Å². The summed E-state index contributed by atoms with van der Waals surface area (Å²) in [4.78, 5) is 25.5. The van der Waals surface area contributed by atoms with Gasteiger partial charge in [0.25, 0.3) is 0 Å². The first-order valence-electron chi connectivity index (χ1n) is 6.21. The Morgan fingerprint density at radius 2 is 2.06 bits per heavy atom. The maximum absolute atomic E-state index is 12.5. The van der Waals surface area contributed by atoms with E-state index in [0.29, 0.717) is 19.5 Å². The Labute approximate surface area is 113 Å². The maximum Gasteiger partial charge on any atom is 0.235 e. The molecular formula is C12H21N3O2S. The van der Waals surface area contributed by atoms with Gasteiger partial charge in [0.05, 0.1) is 16.3 Å². The highest BCUT2D eigenvalue weighted by molar-refractivity contribution is 7.80. The van der Waals surface area contributed by atoms with Crippen molar-refractivity contribution in [1.82, 2.24) is 4.90 Å². The van der Waals surface area contributed by atoms with E-state index in [2.05, 4.69) is 0 Å². The van der Waals surface area contributed by atoms with Crippen LogP contribution in [0.3, 0.4) is 0 Å². The fourth-order valence-electron chi connectivity index (χ4n) is 2.17. The van der Waals surface area contributed by atoms with E-state index in [9.17, 15) is 9.59 Å². The number of nitrogens with zero attached hydrogens (tertiary/aromatic N) is 1. The van der Waals surface area contributed by atoms with Gasteiger partial charge in [0, 0.05) is 13.1 Å². The Morgan fingerprint density at radius 3 is 2.50 bits per heavy atom. The standard InChI is InChI=1S/C12H21N3O2S/c1-3-12(2,10(14)18)11(17)15-6-4-5-8(7-15)9(13)16/h8H,3-7H2,1-2H3,(H2,13,16)(H2,14,18). The summed E-state index contributed by atoms with van der Waals surface area (Å²) in [6.07, 6.45) is 2.09. The number of primary amides is 1. The van der Waals surface area contributed by atoms with Crippen LogP contribution < -0.4 is 11.5 Å². The number of likely N-dealkylation sites (tertiary alicyclic amines) is 1. The van der Waals surface area contributed by atoms with Crippen LogP contribution in [0.15, 0.2) is 0 Å². The van der Waals surface area contributed by atoms with E-state index in [-0.39, 0.29) is 22.7 Å². The summed E-state index contributed by atoms with van der Waals surface area (Å²) in [5, 5.41) is 0. The van der Waals surface area contributed by atoms with Crippen molar-refractivity contribution < 1.29 is 9.59 Å². The van der Waals surface area contributed by atoms with Gasteiger partial charge in [0.15, 0.2) is 0 Å². The lowest BCUT2D eigenvalue weighted by Gasteiger charge is -2.37. The second-order valence-electron chi connectivity index (χ2n) is 5.04. The number of hydrogen-bond donors (Lipinski definition) is 2. The lowest BCUT2D eigenvalue weighted by atomic mass is 9.84. The van der Waals surface area contributed by atoms with Crippen molar-refractivity contribution in [3.63, 3.8) is 0 Å². The minimum atomic E-state index is -0.825. The molecule has 18 heavy (non-hydrogen) atoms. The van der Waals surface area contributed by atoms with Gasteiger partial charge in [0.1, 0.15) is 0 Å². The number of amides is 2. The maximum atomic E-state index is 12.5. The molecule has 1 heterocycles. The molecule has 1 saturated heterocycles. The van der Waals surface area contributed by atoms with E-state index in [0.717, 1.165) is 12.8 Å². The molecule has 0 aromatic heterocycles. The SMILES string of the molecule is CCC(C)(C(=O)N1CCCC(C(N)=O)C1)C(N)=S. The first-order valence-corrected chi connectivity index (χ1v) is 6.62. The lowest BCUT2D eigenvalue weighted by molar-refractivity contribution is -0.140. The van der Waals surface area contributed by atoms with Crippen molar-refractivity contribution >= 4 is 29.0 Å². The molecule has 4 N–H and O–H groups in total. The molecule has 0 radical (unpaired) electrons. The van der Waals surface area contributed by atoms with Crippen LogP contribution in [-0.4, -0.2) is 34.8 Å². The normalized spacial score (nSPS) is 23.2. The number of carbonyl (C=O) groups is 2. The summed E-state index contributed by atoms with van der Waals surface area (Å²) in [5.41, 5.74) is 10.2. The fourth-order valence-corrected chi connectivity index (χ4v) is 2.41. The third-order valence-electron chi connectivity index (χ3n) is 3.83. The third kappa shape index (κ3) is 2.80. The summed E-state index contributed by atoms with van der Waals surface area (Å²) in [6.45, 7) is 4.66. The zero-order valence-electron chi connectivity index (χ0n) is 10.9. The van der Waals surface area contributed by atoms with Gasteiger partial charge in [-0.15, -0.1) is 0 Å². The Kier molecular flexibility index (Phi) is 4.67. The molecule has 0 aliphatic carbocycles. The Balaban J connectivity index is 2.83. The second-order valence-corrected chi connectivity index (χ2v) is 5.48. The largest absolute Gasteiger partial charge is 0.392 e. The topological polar surface area (TPSA) is 89.4 Å². The van der Waals surface area contributed by atoms with Crippen LogP contribution in [0, 0.1) is 11.3 Å². The number of rotatable bonds is 4. The number of carbonyl (C=O) groups excluding carboxylic acids is 2. The second kappa shape index (κ2) is 5.65. The first kappa shape index (κ1) is 14.9. The molecule has 1 rings (SSSR count).